The van der Waals surface area contributed by atoms with Crippen LogP contribution in [0.4, 0.5) is 17.6 Å². The summed E-state index contributed by atoms with van der Waals surface area (Å²) in [6.45, 7) is 12.0. The first-order chi connectivity index (χ1) is 17.6. The molecule has 1 saturated carbocycles. The van der Waals surface area contributed by atoms with E-state index in [4.69, 9.17) is 4.74 Å². The van der Waals surface area contributed by atoms with Crippen molar-refractivity contribution in [3.63, 3.8) is 0 Å². The molecule has 0 amide bonds. The Morgan fingerprint density at radius 1 is 0.946 bits per heavy atom. The molecule has 1 aliphatic rings. The number of ether oxygens (including phenoxy) is 2. The van der Waals surface area contributed by atoms with Crippen LogP contribution in [0.1, 0.15) is 56.1 Å². The Balaban J connectivity index is 0.00000112. The molecule has 3 nitrogen and oxygen atoms in total. The number of benzene rings is 2. The molecule has 0 spiro atoms. The largest absolute Gasteiger partial charge is 0.494 e. The fourth-order valence-electron chi connectivity index (χ4n) is 3.84. The normalized spacial score (nSPS) is 17.6. The second kappa shape index (κ2) is 14.4. The molecule has 1 N–H and O–H groups in total. The van der Waals surface area contributed by atoms with Crippen LogP contribution in [-0.4, -0.2) is 18.3 Å². The zero-order valence-corrected chi connectivity index (χ0v) is 21.3. The zero-order chi connectivity index (χ0) is 27.5. The van der Waals surface area contributed by atoms with E-state index in [0.717, 1.165) is 13.5 Å². The standard InChI is InChI=1S/C26H26F4O3.C4H8/c1-15(32-3)23(27)24(28)16(2)33-14-17-4-6-18(7-5-17)21-12-13-22(26(30)25(21)29)19-8-10-20(31)11-9-19;1-3-4-2/h4-7,12-13,19-20,31H,1-2,8-11,14H2,3H3;3H,1,4H2,2H3/b24-23-;. The van der Waals surface area contributed by atoms with E-state index in [1.165, 1.54) is 0 Å². The zero-order valence-electron chi connectivity index (χ0n) is 21.3. The Hall–Kier alpha value is -3.32. The van der Waals surface area contributed by atoms with Crippen molar-refractivity contribution in [2.24, 2.45) is 0 Å². The third-order valence-corrected chi connectivity index (χ3v) is 6.14. The van der Waals surface area contributed by atoms with E-state index < -0.39 is 34.8 Å². The average Bonchev–Trinajstić information content (AvgIpc) is 2.93. The number of rotatable bonds is 9. The van der Waals surface area contributed by atoms with Crippen LogP contribution in [0.2, 0.25) is 0 Å². The van der Waals surface area contributed by atoms with Crippen molar-refractivity contribution in [3.8, 4) is 11.1 Å². The van der Waals surface area contributed by atoms with E-state index in [0.29, 0.717) is 42.4 Å². The van der Waals surface area contributed by atoms with Crippen molar-refractivity contribution >= 4 is 0 Å². The Labute approximate surface area is 216 Å². The van der Waals surface area contributed by atoms with Crippen molar-refractivity contribution in [2.75, 3.05) is 7.11 Å². The molecular formula is C30H34F4O3. The number of aliphatic hydroxyl groups excluding tert-OH is 1. The molecule has 0 bridgehead atoms. The predicted molar refractivity (Wildman–Crippen MR) is 139 cm³/mol. The van der Waals surface area contributed by atoms with Crippen molar-refractivity contribution in [2.45, 2.75) is 57.7 Å². The smallest absolute Gasteiger partial charge is 0.203 e. The molecule has 2 aromatic rings. The minimum Gasteiger partial charge on any atom is -0.494 e. The van der Waals surface area contributed by atoms with E-state index in [1.54, 1.807) is 36.4 Å². The summed E-state index contributed by atoms with van der Waals surface area (Å²) in [7, 11) is 1.16. The van der Waals surface area contributed by atoms with Crippen LogP contribution in [-0.2, 0) is 16.1 Å². The Morgan fingerprint density at radius 2 is 1.51 bits per heavy atom. The van der Waals surface area contributed by atoms with Gasteiger partial charge in [-0.25, -0.2) is 8.78 Å². The average molecular weight is 519 g/mol. The van der Waals surface area contributed by atoms with Gasteiger partial charge in [0.15, 0.2) is 23.2 Å². The van der Waals surface area contributed by atoms with E-state index >= 15 is 0 Å². The van der Waals surface area contributed by atoms with Gasteiger partial charge < -0.3 is 14.6 Å². The number of aliphatic hydroxyl groups is 1. The number of methoxy groups -OCH3 is 1. The van der Waals surface area contributed by atoms with E-state index in [2.05, 4.69) is 31.4 Å². The van der Waals surface area contributed by atoms with Crippen LogP contribution in [0.15, 0.2) is 85.4 Å². The summed E-state index contributed by atoms with van der Waals surface area (Å²) in [5, 5.41) is 9.64. The molecule has 0 saturated heterocycles. The summed E-state index contributed by atoms with van der Waals surface area (Å²) in [6.07, 6.45) is 4.99. The lowest BCUT2D eigenvalue weighted by molar-refractivity contribution is 0.122. The van der Waals surface area contributed by atoms with Gasteiger partial charge in [0.05, 0.1) is 13.2 Å². The lowest BCUT2D eigenvalue weighted by atomic mass is 9.82. The van der Waals surface area contributed by atoms with Crippen LogP contribution in [0.5, 0.6) is 0 Å². The van der Waals surface area contributed by atoms with Gasteiger partial charge in [0.25, 0.3) is 0 Å². The topological polar surface area (TPSA) is 38.7 Å². The lowest BCUT2D eigenvalue weighted by Crippen LogP contribution is -2.18. The van der Waals surface area contributed by atoms with Crippen LogP contribution < -0.4 is 0 Å². The summed E-state index contributed by atoms with van der Waals surface area (Å²) in [6, 6.07) is 9.57. The monoisotopic (exact) mass is 518 g/mol. The minimum absolute atomic E-state index is 0.107. The third kappa shape index (κ3) is 8.09. The predicted octanol–water partition coefficient (Wildman–Crippen LogP) is 8.57. The summed E-state index contributed by atoms with van der Waals surface area (Å²) >= 11 is 0. The first-order valence-electron chi connectivity index (χ1n) is 12.1. The van der Waals surface area contributed by atoms with E-state index in [-0.39, 0.29) is 24.2 Å². The van der Waals surface area contributed by atoms with Crippen LogP contribution in [0.3, 0.4) is 0 Å². The second-order valence-corrected chi connectivity index (χ2v) is 8.70. The molecule has 0 heterocycles. The molecule has 2 aromatic carbocycles. The maximum Gasteiger partial charge on any atom is 0.203 e. The molecular weight excluding hydrogens is 484 g/mol. The summed E-state index contributed by atoms with van der Waals surface area (Å²) in [5.74, 6) is -5.51. The summed E-state index contributed by atoms with van der Waals surface area (Å²) in [5.41, 5.74) is 1.52. The minimum atomic E-state index is -1.32. The first kappa shape index (κ1) is 29.9. The number of allylic oxidation sites excluding steroid dienone is 3. The van der Waals surface area contributed by atoms with Gasteiger partial charge in [-0.3, -0.25) is 0 Å². The van der Waals surface area contributed by atoms with E-state index in [9.17, 15) is 22.7 Å². The highest BCUT2D eigenvalue weighted by Crippen LogP contribution is 2.37. The number of hydrogen-bond donors (Lipinski definition) is 1. The van der Waals surface area contributed by atoms with Crippen molar-refractivity contribution < 1.29 is 32.1 Å². The van der Waals surface area contributed by atoms with Gasteiger partial charge in [0.1, 0.15) is 6.61 Å². The van der Waals surface area contributed by atoms with Crippen molar-refractivity contribution in [1.82, 2.24) is 0 Å². The van der Waals surface area contributed by atoms with Gasteiger partial charge in [-0.15, -0.1) is 6.58 Å². The van der Waals surface area contributed by atoms with Crippen LogP contribution >= 0.6 is 0 Å². The maximum atomic E-state index is 14.8. The van der Waals surface area contributed by atoms with Crippen LogP contribution in [0, 0.1) is 11.6 Å². The van der Waals surface area contributed by atoms with Gasteiger partial charge in [-0.05, 0) is 54.7 Å². The molecule has 0 radical (unpaired) electrons. The van der Waals surface area contributed by atoms with Gasteiger partial charge in [0.2, 0.25) is 11.7 Å². The highest BCUT2D eigenvalue weighted by Gasteiger charge is 2.25. The fourth-order valence-corrected chi connectivity index (χ4v) is 3.84. The number of halogens is 4. The first-order valence-corrected chi connectivity index (χ1v) is 12.1. The molecule has 37 heavy (non-hydrogen) atoms. The second-order valence-electron chi connectivity index (χ2n) is 8.70. The highest BCUT2D eigenvalue weighted by atomic mass is 19.2. The highest BCUT2D eigenvalue weighted by molar-refractivity contribution is 5.65. The van der Waals surface area contributed by atoms with Gasteiger partial charge in [0, 0.05) is 5.56 Å². The maximum absolute atomic E-state index is 14.8. The molecule has 3 rings (SSSR count). The van der Waals surface area contributed by atoms with Crippen molar-refractivity contribution in [3.05, 3.63) is 108 Å². The fraction of sp³-hybridized carbons (Fsp3) is 0.333. The number of hydrogen-bond acceptors (Lipinski definition) is 3. The molecule has 0 aliphatic heterocycles. The Kier molecular flexibility index (Phi) is 11.7. The Morgan fingerprint density at radius 3 is 2.05 bits per heavy atom. The molecule has 7 heteroatoms. The molecule has 1 aliphatic carbocycles. The van der Waals surface area contributed by atoms with Gasteiger partial charge >= 0.3 is 0 Å². The third-order valence-electron chi connectivity index (χ3n) is 6.14. The van der Waals surface area contributed by atoms with Gasteiger partial charge in [-0.1, -0.05) is 62.6 Å². The van der Waals surface area contributed by atoms with Gasteiger partial charge in [-0.2, -0.15) is 8.78 Å². The quantitative estimate of drug-likeness (QED) is 0.156. The van der Waals surface area contributed by atoms with Crippen molar-refractivity contribution in [1.29, 1.82) is 0 Å². The van der Waals surface area contributed by atoms with E-state index in [1.807, 2.05) is 6.08 Å². The molecule has 200 valence electrons. The molecule has 0 atom stereocenters. The SMILES string of the molecule is C=C(OC)/C(F)=C(/F)C(=C)OCc1ccc(-c2ccc(C3CCC(O)CC3)c(F)c2F)cc1.C=CCC. The Bertz CT molecular complexity index is 1110. The summed E-state index contributed by atoms with van der Waals surface area (Å²) < 4.78 is 67.0. The summed E-state index contributed by atoms with van der Waals surface area (Å²) in [4.78, 5) is 0. The van der Waals surface area contributed by atoms with Crippen LogP contribution in [0.25, 0.3) is 11.1 Å². The molecule has 0 unspecified atom stereocenters. The molecule has 0 aromatic heterocycles. The lowest BCUT2D eigenvalue weighted by Gasteiger charge is -2.26. The molecule has 1 fully saturated rings.